The molecule has 0 radical (unpaired) electrons. The maximum absolute atomic E-state index is 12.7. The summed E-state index contributed by atoms with van der Waals surface area (Å²) in [6.45, 7) is 4.02. The SMILES string of the molecule is Cc1cc(N2CC(C(=O)Nc3cc(S(C)(=O)=O)ccc3C)CC2=O)ccc1Br. The first-order valence-electron chi connectivity index (χ1n) is 8.74. The maximum atomic E-state index is 12.7. The van der Waals surface area contributed by atoms with Crippen molar-refractivity contribution in [1.29, 1.82) is 0 Å². The van der Waals surface area contributed by atoms with Crippen LogP contribution in [0.25, 0.3) is 0 Å². The minimum atomic E-state index is -3.38. The molecule has 0 saturated carbocycles. The van der Waals surface area contributed by atoms with E-state index < -0.39 is 15.8 Å². The predicted octanol–water partition coefficient (Wildman–Crippen LogP) is 3.46. The van der Waals surface area contributed by atoms with E-state index in [1.165, 1.54) is 12.1 Å². The molecule has 1 N–H and O–H groups in total. The second-order valence-corrected chi connectivity index (χ2v) is 9.95. The van der Waals surface area contributed by atoms with Gasteiger partial charge in [-0.2, -0.15) is 0 Å². The minimum Gasteiger partial charge on any atom is -0.325 e. The second kappa shape index (κ2) is 7.67. The monoisotopic (exact) mass is 464 g/mol. The highest BCUT2D eigenvalue weighted by Crippen LogP contribution is 2.29. The fourth-order valence-electron chi connectivity index (χ4n) is 3.13. The molecule has 0 spiro atoms. The molecule has 2 aromatic rings. The van der Waals surface area contributed by atoms with Gasteiger partial charge in [0.15, 0.2) is 9.84 Å². The van der Waals surface area contributed by atoms with E-state index >= 15 is 0 Å². The van der Waals surface area contributed by atoms with E-state index in [0.29, 0.717) is 5.69 Å². The molecule has 3 rings (SSSR count). The molecule has 1 atom stereocenters. The quantitative estimate of drug-likeness (QED) is 0.750. The van der Waals surface area contributed by atoms with Gasteiger partial charge in [0, 0.05) is 35.1 Å². The Morgan fingerprint density at radius 2 is 1.86 bits per heavy atom. The molecule has 6 nitrogen and oxygen atoms in total. The second-order valence-electron chi connectivity index (χ2n) is 7.08. The van der Waals surface area contributed by atoms with Gasteiger partial charge in [0.05, 0.1) is 10.8 Å². The van der Waals surface area contributed by atoms with Crippen molar-refractivity contribution in [2.45, 2.75) is 25.2 Å². The minimum absolute atomic E-state index is 0.108. The average molecular weight is 465 g/mol. The Hall–Kier alpha value is -2.19. The lowest BCUT2D eigenvalue weighted by Gasteiger charge is -2.18. The molecule has 1 aliphatic heterocycles. The lowest BCUT2D eigenvalue weighted by atomic mass is 10.1. The molecule has 2 amide bonds. The number of halogens is 1. The summed E-state index contributed by atoms with van der Waals surface area (Å²) >= 11 is 3.44. The molecule has 1 unspecified atom stereocenters. The van der Waals surface area contributed by atoms with Crippen LogP contribution in [0.15, 0.2) is 45.8 Å². The number of sulfone groups is 1. The summed E-state index contributed by atoms with van der Waals surface area (Å²) in [6, 6.07) is 10.2. The van der Waals surface area contributed by atoms with Crippen molar-refractivity contribution in [1.82, 2.24) is 0 Å². The van der Waals surface area contributed by atoms with Crippen LogP contribution in [0.5, 0.6) is 0 Å². The van der Waals surface area contributed by atoms with E-state index in [9.17, 15) is 18.0 Å². The highest BCUT2D eigenvalue weighted by atomic mass is 79.9. The van der Waals surface area contributed by atoms with E-state index in [1.54, 1.807) is 17.9 Å². The van der Waals surface area contributed by atoms with Gasteiger partial charge in [-0.05, 0) is 55.3 Å². The Morgan fingerprint density at radius 1 is 1.14 bits per heavy atom. The summed E-state index contributed by atoms with van der Waals surface area (Å²) in [7, 11) is -3.38. The first-order chi connectivity index (χ1) is 13.1. The normalized spacial score (nSPS) is 17.1. The first-order valence-corrected chi connectivity index (χ1v) is 11.4. The van der Waals surface area contributed by atoms with Crippen LogP contribution in [0.2, 0.25) is 0 Å². The van der Waals surface area contributed by atoms with Crippen LogP contribution in [-0.2, 0) is 19.4 Å². The Bertz CT molecular complexity index is 1070. The van der Waals surface area contributed by atoms with Crippen molar-refractivity contribution < 1.29 is 18.0 Å². The number of nitrogens with zero attached hydrogens (tertiary/aromatic N) is 1. The van der Waals surface area contributed by atoms with Crippen LogP contribution < -0.4 is 10.2 Å². The molecule has 0 aromatic heterocycles. The molecular formula is C20H21BrN2O4S. The highest BCUT2D eigenvalue weighted by Gasteiger charge is 2.35. The van der Waals surface area contributed by atoms with Crippen LogP contribution >= 0.6 is 15.9 Å². The molecule has 28 heavy (non-hydrogen) atoms. The van der Waals surface area contributed by atoms with Crippen molar-refractivity contribution in [3.63, 3.8) is 0 Å². The van der Waals surface area contributed by atoms with Crippen molar-refractivity contribution in [2.24, 2.45) is 5.92 Å². The Labute approximate surface area is 173 Å². The van der Waals surface area contributed by atoms with Gasteiger partial charge in [-0.25, -0.2) is 8.42 Å². The van der Waals surface area contributed by atoms with Crippen LogP contribution in [0.3, 0.4) is 0 Å². The third-order valence-electron chi connectivity index (χ3n) is 4.84. The number of rotatable bonds is 4. The van der Waals surface area contributed by atoms with Crippen molar-refractivity contribution in [2.75, 3.05) is 23.0 Å². The summed E-state index contributed by atoms with van der Waals surface area (Å²) in [5.74, 6) is -0.903. The maximum Gasteiger partial charge on any atom is 0.229 e. The van der Waals surface area contributed by atoms with Crippen molar-refractivity contribution in [3.05, 3.63) is 52.0 Å². The smallest absolute Gasteiger partial charge is 0.229 e. The number of anilines is 2. The summed E-state index contributed by atoms with van der Waals surface area (Å²) in [6.07, 6.45) is 1.24. The first kappa shape index (κ1) is 20.5. The van der Waals surface area contributed by atoms with Gasteiger partial charge in [-0.3, -0.25) is 9.59 Å². The molecule has 1 heterocycles. The van der Waals surface area contributed by atoms with E-state index in [-0.39, 0.29) is 29.7 Å². The summed E-state index contributed by atoms with van der Waals surface area (Å²) in [5, 5.41) is 2.79. The van der Waals surface area contributed by atoms with E-state index in [0.717, 1.165) is 27.5 Å². The van der Waals surface area contributed by atoms with Crippen LogP contribution in [0.4, 0.5) is 11.4 Å². The Kier molecular flexibility index (Phi) is 5.63. The summed E-state index contributed by atoms with van der Waals surface area (Å²) in [4.78, 5) is 26.9. The third-order valence-corrected chi connectivity index (χ3v) is 6.84. The largest absolute Gasteiger partial charge is 0.325 e. The van der Waals surface area contributed by atoms with Crippen molar-refractivity contribution >= 4 is 49.0 Å². The van der Waals surface area contributed by atoms with Gasteiger partial charge < -0.3 is 10.2 Å². The molecule has 2 aromatic carbocycles. The molecule has 148 valence electrons. The van der Waals surface area contributed by atoms with Crippen LogP contribution in [0.1, 0.15) is 17.5 Å². The van der Waals surface area contributed by atoms with Gasteiger partial charge in [0.1, 0.15) is 0 Å². The summed E-state index contributed by atoms with van der Waals surface area (Å²) < 4.78 is 24.5. The number of hydrogen-bond donors (Lipinski definition) is 1. The lowest BCUT2D eigenvalue weighted by Crippen LogP contribution is -2.28. The molecule has 1 fully saturated rings. The van der Waals surface area contributed by atoms with Gasteiger partial charge in [-0.1, -0.05) is 22.0 Å². The van der Waals surface area contributed by atoms with Crippen molar-refractivity contribution in [3.8, 4) is 0 Å². The Balaban J connectivity index is 1.77. The number of hydrogen-bond acceptors (Lipinski definition) is 4. The number of carbonyl (C=O) groups is 2. The molecule has 8 heteroatoms. The standard InChI is InChI=1S/C20H21BrN2O4S/c1-12-4-6-16(28(3,26)27)10-18(12)22-20(25)14-9-19(24)23(11-14)15-5-7-17(21)13(2)8-15/h4-8,10,14H,9,11H2,1-3H3,(H,22,25). The number of benzene rings is 2. The van der Waals surface area contributed by atoms with Crippen LogP contribution in [-0.4, -0.2) is 33.0 Å². The zero-order valence-corrected chi connectivity index (χ0v) is 18.2. The van der Waals surface area contributed by atoms with Gasteiger partial charge in [-0.15, -0.1) is 0 Å². The number of nitrogens with one attached hydrogen (secondary N) is 1. The van der Waals surface area contributed by atoms with E-state index in [1.807, 2.05) is 25.1 Å². The van der Waals surface area contributed by atoms with Crippen LogP contribution in [0, 0.1) is 19.8 Å². The zero-order chi connectivity index (χ0) is 20.6. The molecule has 0 bridgehead atoms. The van der Waals surface area contributed by atoms with Gasteiger partial charge in [0.25, 0.3) is 0 Å². The molecule has 0 aliphatic carbocycles. The van der Waals surface area contributed by atoms with Gasteiger partial charge >= 0.3 is 0 Å². The lowest BCUT2D eigenvalue weighted by molar-refractivity contribution is -0.122. The molecule has 1 saturated heterocycles. The highest BCUT2D eigenvalue weighted by molar-refractivity contribution is 9.10. The van der Waals surface area contributed by atoms with E-state index in [4.69, 9.17) is 0 Å². The summed E-state index contributed by atoms with van der Waals surface area (Å²) in [5.41, 5.74) is 2.96. The average Bonchev–Trinajstić information content (AvgIpc) is 3.00. The Morgan fingerprint density at radius 3 is 2.50 bits per heavy atom. The van der Waals surface area contributed by atoms with E-state index in [2.05, 4.69) is 21.2 Å². The predicted molar refractivity (Wildman–Crippen MR) is 112 cm³/mol. The topological polar surface area (TPSA) is 83.6 Å². The van der Waals surface area contributed by atoms with Gasteiger partial charge in [0.2, 0.25) is 11.8 Å². The molecular weight excluding hydrogens is 444 g/mol. The number of carbonyl (C=O) groups excluding carboxylic acids is 2. The zero-order valence-electron chi connectivity index (χ0n) is 15.8. The number of aryl methyl sites for hydroxylation is 2. The fourth-order valence-corrected chi connectivity index (χ4v) is 4.02. The molecule has 1 aliphatic rings. The fraction of sp³-hybridized carbons (Fsp3) is 0.300. The number of amides is 2. The third kappa shape index (κ3) is 4.28.